The summed E-state index contributed by atoms with van der Waals surface area (Å²) >= 11 is 5.84. The van der Waals surface area contributed by atoms with Gasteiger partial charge in [0, 0.05) is 5.02 Å². The maximum atomic E-state index is 11.0. The van der Waals surface area contributed by atoms with Gasteiger partial charge in [0.05, 0.1) is 6.26 Å². The Morgan fingerprint density at radius 3 is 1.95 bits per heavy atom. The van der Waals surface area contributed by atoms with Crippen molar-refractivity contribution < 1.29 is 12.6 Å². The predicted molar refractivity (Wildman–Crippen MR) is 80.4 cm³/mol. The quantitative estimate of drug-likeness (QED) is 0.671. The molecular weight excluding hydrogens is 312 g/mol. The van der Waals surface area contributed by atoms with Gasteiger partial charge in [-0.25, -0.2) is 5.53 Å². The normalized spacial score (nSPS) is 12.7. The highest BCUT2D eigenvalue weighted by Gasteiger charge is 2.13. The van der Waals surface area contributed by atoms with Crippen LogP contribution in [0.2, 0.25) is 5.02 Å². The average molecular weight is 325 g/mol. The molecule has 1 unspecified atom stereocenters. The third-order valence-corrected chi connectivity index (χ3v) is 3.51. The Balaban J connectivity index is 2.27. The first-order valence-corrected chi connectivity index (χ1v) is 8.20. The summed E-state index contributed by atoms with van der Waals surface area (Å²) in [5.74, 6) is 0.223. The summed E-state index contributed by atoms with van der Waals surface area (Å²) < 4.78 is 26.9. The molecule has 0 spiro atoms. The van der Waals surface area contributed by atoms with E-state index in [9.17, 15) is 8.42 Å². The van der Waals surface area contributed by atoms with Crippen LogP contribution in [0.15, 0.2) is 53.6 Å². The van der Waals surface area contributed by atoms with E-state index in [-0.39, 0.29) is 5.75 Å². The molecule has 5 nitrogen and oxygen atoms in total. The van der Waals surface area contributed by atoms with E-state index >= 15 is 0 Å². The summed E-state index contributed by atoms with van der Waals surface area (Å²) in [6, 6.07) is 13.0. The average Bonchev–Trinajstić information content (AvgIpc) is 2.42. The van der Waals surface area contributed by atoms with E-state index in [0.29, 0.717) is 5.02 Å². The summed E-state index contributed by atoms with van der Waals surface area (Å²) in [5.41, 5.74) is 8.93. The van der Waals surface area contributed by atoms with Crippen molar-refractivity contribution >= 4 is 21.7 Å². The van der Waals surface area contributed by atoms with E-state index in [1.54, 1.807) is 36.4 Å². The molecule has 1 atom stereocenters. The van der Waals surface area contributed by atoms with Gasteiger partial charge < -0.3 is 4.18 Å². The zero-order valence-corrected chi connectivity index (χ0v) is 12.7. The molecule has 0 aromatic heterocycles. The Morgan fingerprint density at radius 2 is 1.52 bits per heavy atom. The summed E-state index contributed by atoms with van der Waals surface area (Å²) in [5, 5.41) is 4.22. The minimum Gasteiger partial charge on any atom is -0.383 e. The van der Waals surface area contributed by atoms with E-state index < -0.39 is 16.2 Å². The van der Waals surface area contributed by atoms with E-state index in [0.717, 1.165) is 17.4 Å². The maximum absolute atomic E-state index is 11.0. The molecule has 0 aliphatic heterocycles. The molecule has 110 valence electrons. The van der Waals surface area contributed by atoms with Crippen molar-refractivity contribution in [1.82, 2.24) is 0 Å². The van der Waals surface area contributed by atoms with Crippen molar-refractivity contribution in [3.63, 3.8) is 0 Å². The topological polar surface area (TPSA) is 79.6 Å². The summed E-state index contributed by atoms with van der Waals surface area (Å²) in [6.07, 6.45) is 0.983. The molecule has 0 bridgehead atoms. The van der Waals surface area contributed by atoms with Gasteiger partial charge in [-0.3, -0.25) is 0 Å². The molecule has 1 N–H and O–H groups in total. The van der Waals surface area contributed by atoms with Crippen molar-refractivity contribution in [3.8, 4) is 5.75 Å². The molecule has 2 aromatic rings. The van der Waals surface area contributed by atoms with Gasteiger partial charge in [-0.15, -0.1) is 0 Å². The lowest BCUT2D eigenvalue weighted by atomic mass is 9.99. The third-order valence-electron chi connectivity index (χ3n) is 2.76. The molecular formula is C14H13ClN2O3S. The zero-order chi connectivity index (χ0) is 15.5. The van der Waals surface area contributed by atoms with E-state index in [2.05, 4.69) is 5.11 Å². The van der Waals surface area contributed by atoms with Crippen molar-refractivity contribution in [2.45, 2.75) is 6.04 Å². The van der Waals surface area contributed by atoms with Gasteiger partial charge in [-0.05, 0) is 35.4 Å². The molecule has 0 fully saturated rings. The molecule has 0 amide bonds. The van der Waals surface area contributed by atoms with Crippen LogP contribution in [0.1, 0.15) is 17.2 Å². The first-order valence-electron chi connectivity index (χ1n) is 6.00. The lowest BCUT2D eigenvalue weighted by Crippen LogP contribution is -2.05. The lowest BCUT2D eigenvalue weighted by Gasteiger charge is -2.12. The highest BCUT2D eigenvalue weighted by molar-refractivity contribution is 7.86. The fourth-order valence-electron chi connectivity index (χ4n) is 1.87. The van der Waals surface area contributed by atoms with Gasteiger partial charge in [-0.1, -0.05) is 35.9 Å². The van der Waals surface area contributed by atoms with Crippen LogP contribution in [0.25, 0.3) is 0 Å². The van der Waals surface area contributed by atoms with Gasteiger partial charge >= 0.3 is 10.1 Å². The number of benzene rings is 2. The molecule has 2 aromatic carbocycles. The molecule has 0 saturated carbocycles. The second kappa shape index (κ2) is 6.24. The van der Waals surface area contributed by atoms with Crippen LogP contribution in [0, 0.1) is 5.53 Å². The SMILES string of the molecule is CS(=O)(=O)Oc1ccc(C(N=N)c2ccc(Cl)cc2)cc1. The predicted octanol–water partition coefficient (Wildman–Crippen LogP) is 3.80. The van der Waals surface area contributed by atoms with E-state index in [1.807, 2.05) is 0 Å². The second-order valence-corrected chi connectivity index (χ2v) is 6.45. The Bertz CT molecular complexity index is 728. The van der Waals surface area contributed by atoms with E-state index in [4.69, 9.17) is 21.3 Å². The van der Waals surface area contributed by atoms with Crippen LogP contribution in [0.4, 0.5) is 0 Å². The number of hydrogen-bond acceptors (Lipinski definition) is 5. The smallest absolute Gasteiger partial charge is 0.306 e. The molecule has 21 heavy (non-hydrogen) atoms. The summed E-state index contributed by atoms with van der Waals surface area (Å²) in [6.45, 7) is 0. The molecule has 0 heterocycles. The van der Waals surface area contributed by atoms with Crippen LogP contribution in [-0.4, -0.2) is 14.7 Å². The van der Waals surface area contributed by atoms with Gasteiger partial charge in [0.1, 0.15) is 11.8 Å². The fourth-order valence-corrected chi connectivity index (χ4v) is 2.45. The Labute approximate surface area is 128 Å². The van der Waals surface area contributed by atoms with Crippen molar-refractivity contribution in [2.24, 2.45) is 5.11 Å². The fraction of sp³-hybridized carbons (Fsp3) is 0.143. The molecule has 0 radical (unpaired) electrons. The zero-order valence-electron chi connectivity index (χ0n) is 11.2. The maximum Gasteiger partial charge on any atom is 0.306 e. The van der Waals surface area contributed by atoms with Crippen LogP contribution >= 0.6 is 11.6 Å². The molecule has 7 heteroatoms. The highest BCUT2D eigenvalue weighted by Crippen LogP contribution is 2.28. The highest BCUT2D eigenvalue weighted by atomic mass is 35.5. The molecule has 2 rings (SSSR count). The van der Waals surface area contributed by atoms with Crippen LogP contribution < -0.4 is 4.18 Å². The van der Waals surface area contributed by atoms with Crippen LogP contribution in [0.5, 0.6) is 5.75 Å². The molecule has 0 aliphatic carbocycles. The Kier molecular flexibility index (Phi) is 4.59. The largest absolute Gasteiger partial charge is 0.383 e. The van der Waals surface area contributed by atoms with E-state index in [1.165, 1.54) is 12.1 Å². The molecule has 0 saturated heterocycles. The van der Waals surface area contributed by atoms with Gasteiger partial charge in [0.2, 0.25) is 0 Å². The van der Waals surface area contributed by atoms with Crippen molar-refractivity contribution in [2.75, 3.05) is 6.26 Å². The van der Waals surface area contributed by atoms with Crippen LogP contribution in [0.3, 0.4) is 0 Å². The first kappa shape index (κ1) is 15.5. The van der Waals surface area contributed by atoms with Crippen molar-refractivity contribution in [1.29, 1.82) is 5.53 Å². The van der Waals surface area contributed by atoms with Gasteiger partial charge in [0.15, 0.2) is 0 Å². The molecule has 0 aliphatic rings. The number of rotatable bonds is 5. The minimum atomic E-state index is -3.55. The number of halogens is 1. The lowest BCUT2D eigenvalue weighted by molar-refractivity contribution is 0.493. The monoisotopic (exact) mass is 324 g/mol. The van der Waals surface area contributed by atoms with Gasteiger partial charge in [-0.2, -0.15) is 13.5 Å². The Hall–Kier alpha value is -1.92. The van der Waals surface area contributed by atoms with Crippen LogP contribution in [-0.2, 0) is 10.1 Å². The van der Waals surface area contributed by atoms with Gasteiger partial charge in [0.25, 0.3) is 0 Å². The number of nitrogens with zero attached hydrogens (tertiary/aromatic N) is 1. The number of nitrogens with one attached hydrogen (secondary N) is 1. The summed E-state index contributed by atoms with van der Waals surface area (Å²) in [7, 11) is -3.55. The number of hydrogen-bond donors (Lipinski definition) is 1. The standard InChI is InChI=1S/C14H13ClN2O3S/c1-21(18,19)20-13-8-4-11(5-9-13)14(17-16)10-2-6-12(15)7-3-10/h2-9,14,16H,1H3. The minimum absolute atomic E-state index is 0.223. The summed E-state index contributed by atoms with van der Waals surface area (Å²) in [4.78, 5) is 0. The Morgan fingerprint density at radius 1 is 1.05 bits per heavy atom. The second-order valence-electron chi connectivity index (χ2n) is 4.44. The first-order chi connectivity index (χ1) is 9.89. The third kappa shape index (κ3) is 4.27. The van der Waals surface area contributed by atoms with Crippen molar-refractivity contribution in [3.05, 3.63) is 64.7 Å².